The summed E-state index contributed by atoms with van der Waals surface area (Å²) < 4.78 is 0. The predicted molar refractivity (Wildman–Crippen MR) is 111 cm³/mol. The minimum Gasteiger partial charge on any atom is -0.388 e. The normalized spacial score (nSPS) is 13.2. The molecule has 0 saturated heterocycles. The number of benzene rings is 1. The van der Waals surface area contributed by atoms with Crippen LogP contribution in [-0.2, 0) is 0 Å². The average Bonchev–Trinajstić information content (AvgIpc) is 2.66. The van der Waals surface area contributed by atoms with Crippen molar-refractivity contribution in [1.29, 1.82) is 0 Å². The third-order valence-corrected chi connectivity index (χ3v) is 5.04. The standard InChI is InChI=1S/C22H29ClN2O2/c1-4-6-12-22(27,11-5-2)15-25-21(26)18-13-17(8-9-19(18)23)20-10-7-16(3)14-24-20/h7-10,13-14,27H,4-6,11-12,15H2,1-3H3,(H,25,26). The van der Waals surface area contributed by atoms with Gasteiger partial charge in [-0.25, -0.2) is 0 Å². The van der Waals surface area contributed by atoms with Crippen molar-refractivity contribution in [1.82, 2.24) is 10.3 Å². The Labute approximate surface area is 167 Å². The molecule has 0 saturated carbocycles. The van der Waals surface area contributed by atoms with Crippen molar-refractivity contribution in [2.75, 3.05) is 6.54 Å². The molecule has 4 nitrogen and oxygen atoms in total. The predicted octanol–water partition coefficient (Wildman–Crippen LogP) is 5.16. The molecule has 0 bridgehead atoms. The second kappa shape index (κ2) is 9.86. The van der Waals surface area contributed by atoms with Gasteiger partial charge in [-0.05, 0) is 43.5 Å². The maximum Gasteiger partial charge on any atom is 0.252 e. The fourth-order valence-electron chi connectivity index (χ4n) is 3.11. The zero-order valence-electron chi connectivity index (χ0n) is 16.4. The molecule has 1 heterocycles. The van der Waals surface area contributed by atoms with Crippen LogP contribution in [0.2, 0.25) is 5.02 Å². The third kappa shape index (κ3) is 6.05. The van der Waals surface area contributed by atoms with E-state index < -0.39 is 5.60 Å². The molecule has 1 aromatic heterocycles. The summed E-state index contributed by atoms with van der Waals surface area (Å²) in [6.07, 6.45) is 5.94. The summed E-state index contributed by atoms with van der Waals surface area (Å²) in [5.74, 6) is -0.278. The molecule has 5 heteroatoms. The maximum absolute atomic E-state index is 12.7. The summed E-state index contributed by atoms with van der Waals surface area (Å²) in [7, 11) is 0. The molecule has 0 spiro atoms. The molecule has 2 aromatic rings. The Bertz CT molecular complexity index is 761. The van der Waals surface area contributed by atoms with Crippen LogP contribution in [0, 0.1) is 6.92 Å². The van der Waals surface area contributed by atoms with Gasteiger partial charge >= 0.3 is 0 Å². The van der Waals surface area contributed by atoms with E-state index in [-0.39, 0.29) is 12.5 Å². The van der Waals surface area contributed by atoms with Crippen LogP contribution in [0.15, 0.2) is 36.5 Å². The second-order valence-corrected chi connectivity index (χ2v) is 7.58. The molecule has 27 heavy (non-hydrogen) atoms. The largest absolute Gasteiger partial charge is 0.388 e. The first-order valence-corrected chi connectivity index (χ1v) is 9.99. The number of nitrogens with zero attached hydrogens (tertiary/aromatic N) is 1. The molecule has 146 valence electrons. The highest BCUT2D eigenvalue weighted by atomic mass is 35.5. The van der Waals surface area contributed by atoms with E-state index in [1.165, 1.54) is 0 Å². The average molecular weight is 389 g/mol. The fraction of sp³-hybridized carbons (Fsp3) is 0.455. The number of pyridine rings is 1. The van der Waals surface area contributed by atoms with Crippen LogP contribution >= 0.6 is 11.6 Å². The number of hydrogen-bond acceptors (Lipinski definition) is 3. The minimum atomic E-state index is -0.872. The van der Waals surface area contributed by atoms with Gasteiger partial charge in [0.15, 0.2) is 0 Å². The van der Waals surface area contributed by atoms with Crippen molar-refractivity contribution < 1.29 is 9.90 Å². The second-order valence-electron chi connectivity index (χ2n) is 7.18. The highest BCUT2D eigenvalue weighted by molar-refractivity contribution is 6.34. The van der Waals surface area contributed by atoms with E-state index in [1.54, 1.807) is 18.3 Å². The Kier molecular flexibility index (Phi) is 7.81. The molecule has 1 unspecified atom stereocenters. The number of carbonyl (C=O) groups is 1. The molecule has 2 rings (SSSR count). The number of rotatable bonds is 9. The van der Waals surface area contributed by atoms with Gasteiger partial charge in [-0.3, -0.25) is 9.78 Å². The fourth-order valence-corrected chi connectivity index (χ4v) is 3.31. The SMILES string of the molecule is CCCCC(O)(CCC)CNC(=O)c1cc(-c2ccc(C)cn2)ccc1Cl. The lowest BCUT2D eigenvalue weighted by atomic mass is 9.91. The van der Waals surface area contributed by atoms with Crippen molar-refractivity contribution in [3.05, 3.63) is 52.7 Å². The summed E-state index contributed by atoms with van der Waals surface area (Å²) >= 11 is 6.25. The zero-order chi connectivity index (χ0) is 19.9. The number of halogens is 1. The van der Waals surface area contributed by atoms with Crippen LogP contribution in [0.25, 0.3) is 11.3 Å². The lowest BCUT2D eigenvalue weighted by molar-refractivity contribution is 0.0200. The molecule has 0 fully saturated rings. The van der Waals surface area contributed by atoms with Gasteiger partial charge in [0.2, 0.25) is 0 Å². The van der Waals surface area contributed by atoms with E-state index in [1.807, 2.05) is 32.0 Å². The summed E-state index contributed by atoms with van der Waals surface area (Å²) in [5.41, 5.74) is 2.22. The lowest BCUT2D eigenvalue weighted by Crippen LogP contribution is -2.43. The summed E-state index contributed by atoms with van der Waals surface area (Å²) in [4.78, 5) is 17.1. The Morgan fingerprint density at radius 2 is 1.96 bits per heavy atom. The Balaban J connectivity index is 2.15. The molecule has 0 radical (unpaired) electrons. The number of amides is 1. The smallest absolute Gasteiger partial charge is 0.252 e. The van der Waals surface area contributed by atoms with Crippen LogP contribution in [0.1, 0.15) is 61.9 Å². The van der Waals surface area contributed by atoms with Gasteiger partial charge in [0, 0.05) is 18.3 Å². The molecule has 0 aliphatic heterocycles. The van der Waals surface area contributed by atoms with E-state index in [9.17, 15) is 9.90 Å². The van der Waals surface area contributed by atoms with Gasteiger partial charge in [0.1, 0.15) is 0 Å². The van der Waals surface area contributed by atoms with Gasteiger partial charge < -0.3 is 10.4 Å². The highest BCUT2D eigenvalue weighted by Crippen LogP contribution is 2.25. The summed E-state index contributed by atoms with van der Waals surface area (Å²) in [5, 5.41) is 14.1. The van der Waals surface area contributed by atoms with Gasteiger partial charge in [-0.1, -0.05) is 56.8 Å². The molecule has 0 aliphatic rings. The Hall–Kier alpha value is -1.91. The molecule has 1 amide bonds. The summed E-state index contributed by atoms with van der Waals surface area (Å²) in [6, 6.07) is 9.22. The highest BCUT2D eigenvalue weighted by Gasteiger charge is 2.26. The number of aromatic nitrogens is 1. The van der Waals surface area contributed by atoms with Gasteiger partial charge in [-0.15, -0.1) is 0 Å². The Morgan fingerprint density at radius 1 is 1.19 bits per heavy atom. The maximum atomic E-state index is 12.7. The van der Waals surface area contributed by atoms with Crippen LogP contribution in [-0.4, -0.2) is 28.1 Å². The van der Waals surface area contributed by atoms with Gasteiger partial charge in [-0.2, -0.15) is 0 Å². The van der Waals surface area contributed by atoms with E-state index >= 15 is 0 Å². The molecule has 0 aliphatic carbocycles. The zero-order valence-corrected chi connectivity index (χ0v) is 17.1. The number of hydrogen-bond donors (Lipinski definition) is 2. The van der Waals surface area contributed by atoms with E-state index in [2.05, 4.69) is 17.2 Å². The van der Waals surface area contributed by atoms with Crippen LogP contribution < -0.4 is 5.32 Å². The van der Waals surface area contributed by atoms with Crippen molar-refractivity contribution in [2.45, 2.75) is 58.5 Å². The number of aliphatic hydroxyl groups is 1. The topological polar surface area (TPSA) is 62.2 Å². The first-order valence-electron chi connectivity index (χ1n) is 9.61. The molecule has 1 atom stereocenters. The van der Waals surface area contributed by atoms with Crippen LogP contribution in [0.3, 0.4) is 0 Å². The monoisotopic (exact) mass is 388 g/mol. The van der Waals surface area contributed by atoms with Crippen molar-refractivity contribution in [3.63, 3.8) is 0 Å². The van der Waals surface area contributed by atoms with Gasteiger partial charge in [0.25, 0.3) is 5.91 Å². The molecule has 1 aromatic carbocycles. The Morgan fingerprint density at radius 3 is 2.59 bits per heavy atom. The third-order valence-electron chi connectivity index (χ3n) is 4.71. The number of aryl methyl sites for hydroxylation is 1. The van der Waals surface area contributed by atoms with E-state index in [0.717, 1.165) is 36.1 Å². The number of nitrogens with one attached hydrogen (secondary N) is 1. The quantitative estimate of drug-likeness (QED) is 0.623. The van der Waals surface area contributed by atoms with Gasteiger partial charge in [0.05, 0.1) is 21.9 Å². The first-order chi connectivity index (χ1) is 12.9. The minimum absolute atomic E-state index is 0.225. The van der Waals surface area contributed by atoms with E-state index in [0.29, 0.717) is 23.4 Å². The van der Waals surface area contributed by atoms with Crippen LogP contribution in [0.4, 0.5) is 0 Å². The summed E-state index contributed by atoms with van der Waals surface area (Å²) in [6.45, 7) is 6.33. The first kappa shape index (κ1) is 21.4. The molecule has 2 N–H and O–H groups in total. The van der Waals surface area contributed by atoms with Crippen molar-refractivity contribution in [2.24, 2.45) is 0 Å². The van der Waals surface area contributed by atoms with E-state index in [4.69, 9.17) is 11.6 Å². The van der Waals surface area contributed by atoms with Crippen LogP contribution in [0.5, 0.6) is 0 Å². The molecular formula is C22H29ClN2O2. The molecular weight excluding hydrogens is 360 g/mol. The van der Waals surface area contributed by atoms with Crippen molar-refractivity contribution >= 4 is 17.5 Å². The van der Waals surface area contributed by atoms with Crippen molar-refractivity contribution in [3.8, 4) is 11.3 Å². The number of carbonyl (C=O) groups excluding carboxylic acids is 1. The lowest BCUT2D eigenvalue weighted by Gasteiger charge is -2.28. The number of unbranched alkanes of at least 4 members (excludes halogenated alkanes) is 1.